The first-order valence-electron chi connectivity index (χ1n) is 7.39. The summed E-state index contributed by atoms with van der Waals surface area (Å²) in [5.74, 6) is 0.469. The van der Waals surface area contributed by atoms with Gasteiger partial charge < -0.3 is 15.3 Å². The summed E-state index contributed by atoms with van der Waals surface area (Å²) in [7, 11) is 0. The number of hydrogen-bond acceptors (Lipinski definition) is 3. The van der Waals surface area contributed by atoms with E-state index >= 15 is 0 Å². The average molecular weight is 288 g/mol. The third kappa shape index (κ3) is 3.01. The number of nitrogens with one attached hydrogen (secondary N) is 1. The topological polar surface area (TPSA) is 69.6 Å². The van der Waals surface area contributed by atoms with Gasteiger partial charge in [0.05, 0.1) is 6.42 Å². The summed E-state index contributed by atoms with van der Waals surface area (Å²) < 4.78 is 0. The minimum atomic E-state index is 0.0758. The lowest BCUT2D eigenvalue weighted by Crippen LogP contribution is -2.44. The molecular weight excluding hydrogens is 268 g/mol. The number of piperidine rings is 1. The van der Waals surface area contributed by atoms with Crippen molar-refractivity contribution >= 4 is 11.8 Å². The second-order valence-electron chi connectivity index (χ2n) is 6.18. The lowest BCUT2D eigenvalue weighted by atomic mass is 9.77. The molecule has 21 heavy (non-hydrogen) atoms. The van der Waals surface area contributed by atoms with E-state index in [1.165, 1.54) is 0 Å². The van der Waals surface area contributed by atoms with Crippen LogP contribution in [-0.2, 0) is 16.0 Å². The summed E-state index contributed by atoms with van der Waals surface area (Å²) in [5.41, 5.74) is 0.989. The first-order valence-corrected chi connectivity index (χ1v) is 7.39. The lowest BCUT2D eigenvalue weighted by Gasteiger charge is -2.38. The van der Waals surface area contributed by atoms with Crippen molar-refractivity contribution in [1.29, 1.82) is 0 Å². The van der Waals surface area contributed by atoms with Gasteiger partial charge in [-0.15, -0.1) is 0 Å². The van der Waals surface area contributed by atoms with Crippen molar-refractivity contribution in [3.8, 4) is 5.75 Å². The Labute approximate surface area is 123 Å². The van der Waals surface area contributed by atoms with Crippen molar-refractivity contribution in [3.63, 3.8) is 0 Å². The Morgan fingerprint density at radius 3 is 2.48 bits per heavy atom. The number of amides is 2. The molecule has 112 valence electrons. The zero-order valence-corrected chi connectivity index (χ0v) is 12.0. The summed E-state index contributed by atoms with van der Waals surface area (Å²) in [6.45, 7) is 2.21. The fourth-order valence-corrected chi connectivity index (χ4v) is 3.24. The van der Waals surface area contributed by atoms with Crippen LogP contribution < -0.4 is 5.32 Å². The van der Waals surface area contributed by atoms with Crippen LogP contribution in [0.2, 0.25) is 0 Å². The first-order chi connectivity index (χ1) is 10.1. The molecule has 0 bridgehead atoms. The van der Waals surface area contributed by atoms with E-state index in [0.717, 1.165) is 38.0 Å². The number of carbonyl (C=O) groups excluding carboxylic acids is 2. The third-order valence-electron chi connectivity index (χ3n) is 4.66. The highest BCUT2D eigenvalue weighted by molar-refractivity contribution is 5.80. The third-order valence-corrected chi connectivity index (χ3v) is 4.66. The second kappa shape index (κ2) is 5.39. The SMILES string of the molecule is O=C1CC2(CCN(C(=O)Cc3ccc(O)cc3)CC2)CN1. The molecule has 3 rings (SSSR count). The number of rotatable bonds is 2. The number of phenolic OH excluding ortho intramolecular Hbond substituents is 1. The molecule has 2 saturated heterocycles. The Balaban J connectivity index is 1.55. The standard InChI is InChI=1S/C16H20N2O3/c19-13-3-1-12(2-4-13)9-15(21)18-7-5-16(6-8-18)10-14(20)17-11-16/h1-4,19H,5-11H2,(H,17,20). The zero-order chi connectivity index (χ0) is 14.9. The molecule has 0 radical (unpaired) electrons. The summed E-state index contributed by atoms with van der Waals surface area (Å²) in [4.78, 5) is 25.6. The zero-order valence-electron chi connectivity index (χ0n) is 12.0. The van der Waals surface area contributed by atoms with E-state index < -0.39 is 0 Å². The van der Waals surface area contributed by atoms with Gasteiger partial charge >= 0.3 is 0 Å². The number of benzene rings is 1. The molecule has 0 atom stereocenters. The smallest absolute Gasteiger partial charge is 0.226 e. The van der Waals surface area contributed by atoms with E-state index in [4.69, 9.17) is 0 Å². The van der Waals surface area contributed by atoms with Crippen LogP contribution in [0, 0.1) is 5.41 Å². The highest BCUT2D eigenvalue weighted by Gasteiger charge is 2.41. The Morgan fingerprint density at radius 1 is 1.24 bits per heavy atom. The quantitative estimate of drug-likeness (QED) is 0.855. The van der Waals surface area contributed by atoms with Crippen molar-refractivity contribution in [1.82, 2.24) is 10.2 Å². The molecule has 0 aromatic heterocycles. The molecule has 1 aromatic carbocycles. The van der Waals surface area contributed by atoms with Crippen molar-refractivity contribution < 1.29 is 14.7 Å². The fourth-order valence-electron chi connectivity index (χ4n) is 3.24. The van der Waals surface area contributed by atoms with Gasteiger partial charge in [0.15, 0.2) is 0 Å². The fraction of sp³-hybridized carbons (Fsp3) is 0.500. The van der Waals surface area contributed by atoms with Gasteiger partial charge in [-0.25, -0.2) is 0 Å². The van der Waals surface area contributed by atoms with Crippen molar-refractivity contribution in [2.24, 2.45) is 5.41 Å². The minimum Gasteiger partial charge on any atom is -0.508 e. The molecule has 0 saturated carbocycles. The van der Waals surface area contributed by atoms with Crippen LogP contribution in [0.5, 0.6) is 5.75 Å². The van der Waals surface area contributed by atoms with Gasteiger partial charge in [0.2, 0.25) is 11.8 Å². The Kier molecular flexibility index (Phi) is 3.57. The molecule has 2 aliphatic heterocycles. The Hall–Kier alpha value is -2.04. The van der Waals surface area contributed by atoms with Crippen molar-refractivity contribution in [2.75, 3.05) is 19.6 Å². The predicted octanol–water partition coefficient (Wildman–Crippen LogP) is 1.06. The summed E-state index contributed by atoms with van der Waals surface area (Å²) >= 11 is 0. The van der Waals surface area contributed by atoms with E-state index in [1.807, 2.05) is 4.90 Å². The van der Waals surface area contributed by atoms with Gasteiger partial charge in [0.1, 0.15) is 5.75 Å². The van der Waals surface area contributed by atoms with Crippen LogP contribution in [-0.4, -0.2) is 41.5 Å². The molecule has 5 heteroatoms. The van der Waals surface area contributed by atoms with Crippen LogP contribution >= 0.6 is 0 Å². The predicted molar refractivity (Wildman–Crippen MR) is 77.7 cm³/mol. The van der Waals surface area contributed by atoms with E-state index in [2.05, 4.69) is 5.32 Å². The number of carbonyl (C=O) groups is 2. The maximum atomic E-state index is 12.3. The highest BCUT2D eigenvalue weighted by atomic mass is 16.3. The molecule has 5 nitrogen and oxygen atoms in total. The molecule has 2 heterocycles. The highest BCUT2D eigenvalue weighted by Crippen LogP contribution is 2.37. The molecule has 2 aliphatic rings. The second-order valence-corrected chi connectivity index (χ2v) is 6.18. The summed E-state index contributed by atoms with van der Waals surface area (Å²) in [5, 5.41) is 12.2. The molecule has 0 unspecified atom stereocenters. The maximum Gasteiger partial charge on any atom is 0.226 e. The van der Waals surface area contributed by atoms with E-state index in [9.17, 15) is 14.7 Å². The lowest BCUT2D eigenvalue weighted by molar-refractivity contribution is -0.132. The molecule has 0 aliphatic carbocycles. The molecule has 1 spiro atoms. The van der Waals surface area contributed by atoms with Gasteiger partial charge in [-0.1, -0.05) is 12.1 Å². The van der Waals surface area contributed by atoms with Crippen molar-refractivity contribution in [2.45, 2.75) is 25.7 Å². The Morgan fingerprint density at radius 2 is 1.90 bits per heavy atom. The number of phenols is 1. The Bertz CT molecular complexity index is 545. The van der Waals surface area contributed by atoms with E-state index in [0.29, 0.717) is 12.8 Å². The van der Waals surface area contributed by atoms with E-state index in [-0.39, 0.29) is 23.0 Å². The van der Waals surface area contributed by atoms with E-state index in [1.54, 1.807) is 24.3 Å². The molecule has 1 aromatic rings. The summed E-state index contributed by atoms with van der Waals surface area (Å²) in [6.07, 6.45) is 2.76. The number of hydrogen-bond donors (Lipinski definition) is 2. The minimum absolute atomic E-state index is 0.0758. The van der Waals surface area contributed by atoms with Gasteiger partial charge in [0, 0.05) is 26.1 Å². The van der Waals surface area contributed by atoms with Gasteiger partial charge in [-0.2, -0.15) is 0 Å². The number of aromatic hydroxyl groups is 1. The molecule has 2 amide bonds. The monoisotopic (exact) mass is 288 g/mol. The molecule has 2 fully saturated rings. The number of likely N-dealkylation sites (tertiary alicyclic amines) is 1. The van der Waals surface area contributed by atoms with Crippen LogP contribution in [0.3, 0.4) is 0 Å². The van der Waals surface area contributed by atoms with Crippen molar-refractivity contribution in [3.05, 3.63) is 29.8 Å². The number of nitrogens with zero attached hydrogens (tertiary/aromatic N) is 1. The average Bonchev–Trinajstić information content (AvgIpc) is 2.83. The summed E-state index contributed by atoms with van der Waals surface area (Å²) in [6, 6.07) is 6.75. The van der Waals surface area contributed by atoms with Crippen LogP contribution in [0.4, 0.5) is 0 Å². The van der Waals surface area contributed by atoms with Gasteiger partial charge in [0.25, 0.3) is 0 Å². The van der Waals surface area contributed by atoms with Gasteiger partial charge in [-0.3, -0.25) is 9.59 Å². The normalized spacial score (nSPS) is 20.6. The molecule has 2 N–H and O–H groups in total. The molecular formula is C16H20N2O3. The van der Waals surface area contributed by atoms with Crippen LogP contribution in [0.1, 0.15) is 24.8 Å². The first kappa shape index (κ1) is 13.9. The van der Waals surface area contributed by atoms with Crippen LogP contribution in [0.15, 0.2) is 24.3 Å². The van der Waals surface area contributed by atoms with Gasteiger partial charge in [-0.05, 0) is 36.0 Å². The van der Waals surface area contributed by atoms with Crippen LogP contribution in [0.25, 0.3) is 0 Å². The maximum absolute atomic E-state index is 12.3. The largest absolute Gasteiger partial charge is 0.508 e.